The summed E-state index contributed by atoms with van der Waals surface area (Å²) < 4.78 is 7.65. The van der Waals surface area contributed by atoms with Crippen LogP contribution in [0, 0.1) is 0 Å². The summed E-state index contributed by atoms with van der Waals surface area (Å²) in [5.41, 5.74) is 2.64. The van der Waals surface area contributed by atoms with Gasteiger partial charge in [0.25, 0.3) is 0 Å². The molecule has 8 nitrogen and oxygen atoms in total. The molecule has 2 N–H and O–H groups in total. The number of anilines is 1. The molecule has 8 heteroatoms. The molecule has 1 aromatic heterocycles. The zero-order valence-corrected chi connectivity index (χ0v) is 18.6. The minimum absolute atomic E-state index is 0.0550. The van der Waals surface area contributed by atoms with Crippen molar-refractivity contribution in [3.8, 4) is 0 Å². The molecule has 2 atom stereocenters. The first-order valence-electron chi connectivity index (χ1n) is 11.0. The van der Waals surface area contributed by atoms with Crippen molar-refractivity contribution in [3.05, 3.63) is 83.9 Å². The Morgan fingerprint density at radius 3 is 2.61 bits per heavy atom. The van der Waals surface area contributed by atoms with E-state index in [9.17, 15) is 14.7 Å². The lowest BCUT2D eigenvalue weighted by atomic mass is 9.99. The number of ether oxygens (including phenoxy) is 1. The van der Waals surface area contributed by atoms with E-state index in [-0.39, 0.29) is 25.0 Å². The number of hydrogen-bond donors (Lipinski definition) is 2. The lowest BCUT2D eigenvalue weighted by Gasteiger charge is -2.40. The van der Waals surface area contributed by atoms with Crippen molar-refractivity contribution in [2.75, 3.05) is 18.5 Å². The van der Waals surface area contributed by atoms with Crippen LogP contribution in [0.5, 0.6) is 0 Å². The van der Waals surface area contributed by atoms with Crippen LogP contribution in [-0.4, -0.2) is 50.6 Å². The van der Waals surface area contributed by atoms with E-state index in [1.807, 2.05) is 72.4 Å². The molecule has 0 saturated carbocycles. The van der Waals surface area contributed by atoms with E-state index in [2.05, 4.69) is 10.3 Å². The third kappa shape index (κ3) is 5.47. The Bertz CT molecular complexity index is 1080. The smallest absolute Gasteiger partial charge is 0.249 e. The van der Waals surface area contributed by atoms with Gasteiger partial charge in [-0.15, -0.1) is 0 Å². The van der Waals surface area contributed by atoms with Crippen LogP contribution in [-0.2, 0) is 34.3 Å². The van der Waals surface area contributed by atoms with Crippen LogP contribution in [0.15, 0.2) is 67.0 Å². The maximum atomic E-state index is 12.5. The molecule has 2 unspecified atom stereocenters. The van der Waals surface area contributed by atoms with Gasteiger partial charge in [0.05, 0.1) is 19.2 Å². The van der Waals surface area contributed by atoms with E-state index in [4.69, 9.17) is 4.74 Å². The fourth-order valence-electron chi connectivity index (χ4n) is 4.00. The van der Waals surface area contributed by atoms with Gasteiger partial charge >= 0.3 is 0 Å². The van der Waals surface area contributed by atoms with Crippen molar-refractivity contribution < 1.29 is 19.4 Å². The van der Waals surface area contributed by atoms with Gasteiger partial charge in [0.15, 0.2) is 0 Å². The Labute approximate surface area is 192 Å². The van der Waals surface area contributed by atoms with E-state index in [1.54, 1.807) is 11.1 Å². The fourth-order valence-corrected chi connectivity index (χ4v) is 4.00. The second-order valence-electron chi connectivity index (χ2n) is 8.11. The topological polar surface area (TPSA) is 96.7 Å². The molecule has 1 fully saturated rings. The molecule has 0 radical (unpaired) electrons. The molecule has 172 valence electrons. The monoisotopic (exact) mass is 448 g/mol. The lowest BCUT2D eigenvalue weighted by molar-refractivity contribution is -0.162. The van der Waals surface area contributed by atoms with Crippen LogP contribution in [0.25, 0.3) is 0 Å². The van der Waals surface area contributed by atoms with Crippen molar-refractivity contribution in [1.29, 1.82) is 0 Å². The van der Waals surface area contributed by atoms with Crippen molar-refractivity contribution in [2.45, 2.75) is 31.5 Å². The molecule has 33 heavy (non-hydrogen) atoms. The van der Waals surface area contributed by atoms with Gasteiger partial charge in [-0.05, 0) is 29.7 Å². The van der Waals surface area contributed by atoms with E-state index in [0.717, 1.165) is 17.0 Å². The van der Waals surface area contributed by atoms with Gasteiger partial charge in [0.2, 0.25) is 11.8 Å². The summed E-state index contributed by atoms with van der Waals surface area (Å²) in [6.07, 6.45) is 4.10. The zero-order valence-electron chi connectivity index (χ0n) is 18.6. The molecule has 0 bridgehead atoms. The van der Waals surface area contributed by atoms with Gasteiger partial charge < -0.3 is 24.6 Å². The number of aromatic nitrogens is 2. The molecule has 4 rings (SSSR count). The average molecular weight is 449 g/mol. The number of hydrogen-bond acceptors (Lipinski definition) is 5. The Balaban J connectivity index is 1.40. The van der Waals surface area contributed by atoms with Gasteiger partial charge in [0, 0.05) is 31.5 Å². The highest BCUT2D eigenvalue weighted by atomic mass is 16.5. The second kappa shape index (κ2) is 10.4. The number of rotatable bonds is 8. The summed E-state index contributed by atoms with van der Waals surface area (Å²) in [6.45, 7) is -0.00859. The lowest BCUT2D eigenvalue weighted by Crippen LogP contribution is -2.52. The average Bonchev–Trinajstić information content (AvgIpc) is 3.24. The first-order chi connectivity index (χ1) is 16.0. The Hall–Kier alpha value is -3.49. The molecular weight excluding hydrogens is 420 g/mol. The summed E-state index contributed by atoms with van der Waals surface area (Å²) in [6, 6.07) is 16.7. The summed E-state index contributed by atoms with van der Waals surface area (Å²) in [7, 11) is 1.87. The van der Waals surface area contributed by atoms with Gasteiger partial charge in [-0.3, -0.25) is 9.59 Å². The van der Waals surface area contributed by atoms with Crippen LogP contribution in [0.1, 0.15) is 29.5 Å². The molecular formula is C25H28N4O4. The number of amides is 2. The SMILES string of the molecule is Cn1ccnc1CN1C(=O)COC(c2ccc(NC(=O)CCc3ccccc3)cc2)C1CO. The number of carbonyl (C=O) groups is 2. The number of benzene rings is 2. The quantitative estimate of drug-likeness (QED) is 0.552. The number of carbonyl (C=O) groups excluding carboxylic acids is 2. The van der Waals surface area contributed by atoms with Crippen molar-refractivity contribution in [2.24, 2.45) is 7.05 Å². The number of morpholine rings is 1. The summed E-state index contributed by atoms with van der Waals surface area (Å²) >= 11 is 0. The number of nitrogens with one attached hydrogen (secondary N) is 1. The van der Waals surface area contributed by atoms with Crippen molar-refractivity contribution in [3.63, 3.8) is 0 Å². The normalized spacial score (nSPS) is 18.4. The fraction of sp³-hybridized carbons (Fsp3) is 0.320. The third-order valence-electron chi connectivity index (χ3n) is 5.88. The molecule has 1 saturated heterocycles. The van der Waals surface area contributed by atoms with E-state index in [0.29, 0.717) is 25.1 Å². The van der Waals surface area contributed by atoms with E-state index >= 15 is 0 Å². The minimum Gasteiger partial charge on any atom is -0.394 e. The maximum Gasteiger partial charge on any atom is 0.249 e. The summed E-state index contributed by atoms with van der Waals surface area (Å²) in [5, 5.41) is 13.0. The van der Waals surface area contributed by atoms with E-state index < -0.39 is 12.1 Å². The highest BCUT2D eigenvalue weighted by Crippen LogP contribution is 2.30. The first kappa shape index (κ1) is 22.7. The highest BCUT2D eigenvalue weighted by molar-refractivity contribution is 5.90. The minimum atomic E-state index is -0.533. The van der Waals surface area contributed by atoms with Crippen molar-refractivity contribution in [1.82, 2.24) is 14.5 Å². The summed E-state index contributed by atoms with van der Waals surface area (Å²) in [4.78, 5) is 30.7. The number of nitrogens with zero attached hydrogens (tertiary/aromatic N) is 3. The van der Waals surface area contributed by atoms with Crippen molar-refractivity contribution >= 4 is 17.5 Å². The molecule has 3 aromatic rings. The van der Waals surface area contributed by atoms with Crippen LogP contribution in [0.4, 0.5) is 5.69 Å². The number of aliphatic hydroxyl groups is 1. The third-order valence-corrected chi connectivity index (χ3v) is 5.88. The van der Waals surface area contributed by atoms with Gasteiger partial charge in [-0.1, -0.05) is 42.5 Å². The van der Waals surface area contributed by atoms with Crippen LogP contribution in [0.3, 0.4) is 0 Å². The standard InChI is InChI=1S/C25H28N4O4/c1-28-14-13-26-22(28)15-29-21(16-30)25(33-17-24(29)32)19-8-10-20(11-9-19)27-23(31)12-7-18-5-3-2-4-6-18/h2-6,8-11,13-14,21,25,30H,7,12,15-17H2,1H3,(H,27,31). The Morgan fingerprint density at radius 2 is 1.94 bits per heavy atom. The molecule has 0 aliphatic carbocycles. The molecule has 2 aromatic carbocycles. The van der Waals surface area contributed by atoms with Gasteiger partial charge in [0.1, 0.15) is 18.5 Å². The van der Waals surface area contributed by atoms with Crippen LogP contribution < -0.4 is 5.32 Å². The number of aliphatic hydroxyl groups excluding tert-OH is 1. The number of imidazole rings is 1. The van der Waals surface area contributed by atoms with Gasteiger partial charge in [-0.2, -0.15) is 0 Å². The van der Waals surface area contributed by atoms with Crippen LogP contribution >= 0.6 is 0 Å². The number of aryl methyl sites for hydroxylation is 2. The second-order valence-corrected chi connectivity index (χ2v) is 8.11. The Morgan fingerprint density at radius 1 is 1.18 bits per heavy atom. The molecule has 0 spiro atoms. The largest absolute Gasteiger partial charge is 0.394 e. The first-order valence-corrected chi connectivity index (χ1v) is 11.0. The highest BCUT2D eigenvalue weighted by Gasteiger charge is 2.37. The van der Waals surface area contributed by atoms with E-state index in [1.165, 1.54) is 0 Å². The Kier molecular flexibility index (Phi) is 7.16. The zero-order chi connectivity index (χ0) is 23.2. The molecule has 1 aliphatic heterocycles. The van der Waals surface area contributed by atoms with Gasteiger partial charge in [-0.25, -0.2) is 4.98 Å². The molecule has 1 aliphatic rings. The summed E-state index contributed by atoms with van der Waals surface area (Å²) in [5.74, 6) is 0.493. The predicted octanol–water partition coefficient (Wildman–Crippen LogP) is 2.45. The molecule has 2 amide bonds. The predicted molar refractivity (Wildman–Crippen MR) is 123 cm³/mol. The molecule has 2 heterocycles. The van der Waals surface area contributed by atoms with Crippen LogP contribution in [0.2, 0.25) is 0 Å². The maximum absolute atomic E-state index is 12.5.